The molecule has 19 heavy (non-hydrogen) atoms. The largest absolute Gasteiger partial charge is 0.309 e. The van der Waals surface area contributed by atoms with Gasteiger partial charge in [-0.05, 0) is 70.6 Å². The minimum Gasteiger partial charge on any atom is -0.309 e. The summed E-state index contributed by atoms with van der Waals surface area (Å²) in [6.07, 6.45) is 3.73. The number of rotatable bonds is 6. The van der Waals surface area contributed by atoms with E-state index in [1.54, 1.807) is 11.3 Å². The van der Waals surface area contributed by atoms with Gasteiger partial charge in [0.05, 0.1) is 8.93 Å². The van der Waals surface area contributed by atoms with E-state index in [-0.39, 0.29) is 0 Å². The molecule has 0 saturated carbocycles. The van der Waals surface area contributed by atoms with Gasteiger partial charge in [0, 0.05) is 0 Å². The molecule has 1 unspecified atom stereocenters. The van der Waals surface area contributed by atoms with Crippen molar-refractivity contribution in [2.45, 2.75) is 32.2 Å². The van der Waals surface area contributed by atoms with Crippen molar-refractivity contribution in [1.82, 2.24) is 5.32 Å². The molecular formula is C16H20INS. The molecule has 0 aliphatic rings. The molecule has 1 heterocycles. The van der Waals surface area contributed by atoms with Crippen LogP contribution in [0, 0.1) is 2.88 Å². The second-order valence-electron chi connectivity index (χ2n) is 4.75. The van der Waals surface area contributed by atoms with Crippen LogP contribution in [0.5, 0.6) is 0 Å². The molecule has 1 aromatic carbocycles. The summed E-state index contributed by atoms with van der Waals surface area (Å²) < 4.78 is 1.34. The highest BCUT2D eigenvalue weighted by atomic mass is 127. The molecular weight excluding hydrogens is 365 g/mol. The second kappa shape index (κ2) is 7.41. The fraction of sp³-hybridized carbons (Fsp3) is 0.375. The zero-order chi connectivity index (χ0) is 13.7. The Hall–Kier alpha value is -0.390. The summed E-state index contributed by atoms with van der Waals surface area (Å²) in [6, 6.07) is 11.6. The van der Waals surface area contributed by atoms with Crippen LogP contribution in [0.2, 0.25) is 0 Å². The zero-order valence-corrected chi connectivity index (χ0v) is 14.4. The van der Waals surface area contributed by atoms with Crippen LogP contribution in [0.1, 0.15) is 42.5 Å². The van der Waals surface area contributed by atoms with E-state index in [2.05, 4.69) is 70.5 Å². The number of thiophene rings is 1. The van der Waals surface area contributed by atoms with E-state index in [0.29, 0.717) is 6.04 Å². The fourth-order valence-corrected chi connectivity index (χ4v) is 3.66. The van der Waals surface area contributed by atoms with E-state index >= 15 is 0 Å². The monoisotopic (exact) mass is 385 g/mol. The molecule has 1 atom stereocenters. The summed E-state index contributed by atoms with van der Waals surface area (Å²) in [7, 11) is 2.03. The number of hydrogen-bond acceptors (Lipinski definition) is 2. The van der Waals surface area contributed by atoms with Crippen LogP contribution in [0.3, 0.4) is 0 Å². The molecule has 2 aromatic rings. The van der Waals surface area contributed by atoms with Crippen molar-refractivity contribution in [3.63, 3.8) is 0 Å². The number of halogens is 1. The average molecular weight is 385 g/mol. The third-order valence-electron chi connectivity index (χ3n) is 3.34. The van der Waals surface area contributed by atoms with E-state index in [4.69, 9.17) is 0 Å². The highest BCUT2D eigenvalue weighted by Crippen LogP contribution is 2.27. The van der Waals surface area contributed by atoms with Crippen LogP contribution in [0.4, 0.5) is 0 Å². The summed E-state index contributed by atoms with van der Waals surface area (Å²) in [4.78, 5) is 0. The Morgan fingerprint density at radius 3 is 2.47 bits per heavy atom. The average Bonchev–Trinajstić information content (AvgIpc) is 2.85. The first-order valence-corrected chi connectivity index (χ1v) is 8.70. The van der Waals surface area contributed by atoms with Crippen LogP contribution < -0.4 is 5.32 Å². The second-order valence-corrected chi connectivity index (χ2v) is 7.56. The number of benzene rings is 1. The van der Waals surface area contributed by atoms with Gasteiger partial charge in [-0.15, -0.1) is 11.3 Å². The molecule has 0 saturated heterocycles. The quantitative estimate of drug-likeness (QED) is 0.690. The lowest BCUT2D eigenvalue weighted by atomic mass is 9.99. The number of nitrogens with one attached hydrogen (secondary N) is 1. The first-order valence-electron chi connectivity index (χ1n) is 6.74. The van der Waals surface area contributed by atoms with Gasteiger partial charge in [0.15, 0.2) is 0 Å². The minimum atomic E-state index is 0.306. The van der Waals surface area contributed by atoms with Gasteiger partial charge in [0.1, 0.15) is 0 Å². The molecule has 3 heteroatoms. The Kier molecular flexibility index (Phi) is 5.85. The van der Waals surface area contributed by atoms with Crippen LogP contribution in [0.15, 0.2) is 35.7 Å². The third-order valence-corrected chi connectivity index (χ3v) is 5.15. The highest BCUT2D eigenvalue weighted by Gasteiger charge is 2.13. The lowest BCUT2D eigenvalue weighted by Gasteiger charge is -2.16. The van der Waals surface area contributed by atoms with Gasteiger partial charge in [-0.1, -0.05) is 37.6 Å². The maximum Gasteiger partial charge on any atom is 0.0656 e. The molecule has 1 N–H and O–H groups in total. The Labute approximate surface area is 133 Å². The Balaban J connectivity index is 2.15. The zero-order valence-electron chi connectivity index (χ0n) is 11.4. The lowest BCUT2D eigenvalue weighted by molar-refractivity contribution is 0.693. The summed E-state index contributed by atoms with van der Waals surface area (Å²) in [5.41, 5.74) is 4.15. The smallest absolute Gasteiger partial charge is 0.0656 e. The van der Waals surface area contributed by atoms with Gasteiger partial charge in [0.2, 0.25) is 0 Å². The number of aryl methyl sites for hydroxylation is 1. The van der Waals surface area contributed by atoms with Gasteiger partial charge >= 0.3 is 0 Å². The number of hydrogen-bond donors (Lipinski definition) is 1. The van der Waals surface area contributed by atoms with Gasteiger partial charge in [-0.3, -0.25) is 0 Å². The fourth-order valence-electron chi connectivity index (χ4n) is 2.26. The lowest BCUT2D eigenvalue weighted by Crippen LogP contribution is -2.16. The third kappa shape index (κ3) is 4.04. The molecule has 0 aliphatic carbocycles. The van der Waals surface area contributed by atoms with Gasteiger partial charge in [-0.25, -0.2) is 0 Å². The molecule has 0 spiro atoms. The van der Waals surface area contributed by atoms with Crippen molar-refractivity contribution in [2.24, 2.45) is 0 Å². The summed E-state index contributed by atoms with van der Waals surface area (Å²) in [5.74, 6) is 0. The minimum absolute atomic E-state index is 0.306. The van der Waals surface area contributed by atoms with Crippen molar-refractivity contribution in [3.05, 3.63) is 55.3 Å². The normalized spacial score (nSPS) is 12.6. The van der Waals surface area contributed by atoms with E-state index in [0.717, 1.165) is 0 Å². The van der Waals surface area contributed by atoms with Gasteiger partial charge in [0.25, 0.3) is 0 Å². The molecule has 0 aliphatic heterocycles. The SMILES string of the molecule is CCCCc1ccc(C(NC)c2csc(I)c2)cc1. The van der Waals surface area contributed by atoms with Gasteiger partial charge < -0.3 is 5.32 Å². The molecule has 0 fully saturated rings. The maximum absolute atomic E-state index is 3.41. The van der Waals surface area contributed by atoms with E-state index < -0.39 is 0 Å². The molecule has 1 aromatic heterocycles. The van der Waals surface area contributed by atoms with Crippen LogP contribution in [-0.2, 0) is 6.42 Å². The highest BCUT2D eigenvalue weighted by molar-refractivity contribution is 14.1. The van der Waals surface area contributed by atoms with Gasteiger partial charge in [-0.2, -0.15) is 0 Å². The van der Waals surface area contributed by atoms with Crippen LogP contribution in [-0.4, -0.2) is 7.05 Å². The molecule has 0 amide bonds. The summed E-state index contributed by atoms with van der Waals surface area (Å²) >= 11 is 4.18. The van der Waals surface area contributed by atoms with Crippen molar-refractivity contribution in [2.75, 3.05) is 7.05 Å². The standard InChI is InChI=1S/C16H20INS/c1-3-4-5-12-6-8-13(9-7-12)16(18-2)14-10-15(17)19-11-14/h6-11,16,18H,3-5H2,1-2H3. The van der Waals surface area contributed by atoms with Crippen molar-refractivity contribution < 1.29 is 0 Å². The van der Waals surface area contributed by atoms with Crippen molar-refractivity contribution in [3.8, 4) is 0 Å². The Bertz CT molecular complexity index is 504. The molecule has 1 nitrogen and oxygen atoms in total. The first-order chi connectivity index (χ1) is 9.24. The van der Waals surface area contributed by atoms with E-state index in [1.165, 1.54) is 38.8 Å². The molecule has 102 valence electrons. The maximum atomic E-state index is 3.41. The summed E-state index contributed by atoms with van der Waals surface area (Å²) in [6.45, 7) is 2.24. The van der Waals surface area contributed by atoms with E-state index in [9.17, 15) is 0 Å². The van der Waals surface area contributed by atoms with Crippen LogP contribution in [0.25, 0.3) is 0 Å². The van der Waals surface area contributed by atoms with Crippen molar-refractivity contribution in [1.29, 1.82) is 0 Å². The Morgan fingerprint density at radius 1 is 1.21 bits per heavy atom. The Morgan fingerprint density at radius 2 is 1.95 bits per heavy atom. The first kappa shape index (κ1) is 15.0. The summed E-state index contributed by atoms with van der Waals surface area (Å²) in [5, 5.41) is 5.66. The van der Waals surface area contributed by atoms with Crippen LogP contribution >= 0.6 is 33.9 Å². The number of unbranched alkanes of at least 4 members (excludes halogenated alkanes) is 1. The van der Waals surface area contributed by atoms with E-state index in [1.807, 2.05) is 7.05 Å². The molecule has 2 rings (SSSR count). The molecule has 0 bridgehead atoms. The molecule has 0 radical (unpaired) electrons. The predicted molar refractivity (Wildman–Crippen MR) is 93.0 cm³/mol. The topological polar surface area (TPSA) is 12.0 Å². The predicted octanol–water partition coefficient (Wildman–Crippen LogP) is 5.00. The van der Waals surface area contributed by atoms with Crippen molar-refractivity contribution >= 4 is 33.9 Å².